The van der Waals surface area contributed by atoms with Gasteiger partial charge in [-0.3, -0.25) is 9.59 Å². The monoisotopic (exact) mass is 386 g/mol. The number of para-hydroxylation sites is 1. The summed E-state index contributed by atoms with van der Waals surface area (Å²) in [5.41, 5.74) is 6.49. The third-order valence-corrected chi connectivity index (χ3v) is 3.78. The first-order chi connectivity index (χ1) is 13.0. The number of nitrogens with two attached hydrogens (primary N) is 1. The lowest BCUT2D eigenvalue weighted by atomic mass is 10.2. The maximum atomic E-state index is 12.4. The second-order valence-electron chi connectivity index (χ2n) is 5.59. The van der Waals surface area contributed by atoms with Crippen LogP contribution in [0.2, 0.25) is 5.02 Å². The van der Waals surface area contributed by atoms with Gasteiger partial charge in [0, 0.05) is 29.8 Å². The van der Waals surface area contributed by atoms with Crippen LogP contribution in [0.4, 0.5) is 5.69 Å². The smallest absolute Gasteiger partial charge is 0.331 e. The van der Waals surface area contributed by atoms with E-state index in [1.54, 1.807) is 60.7 Å². The molecule has 2 N–H and O–H groups in total. The van der Waals surface area contributed by atoms with Gasteiger partial charge in [0.25, 0.3) is 5.91 Å². The van der Waals surface area contributed by atoms with Crippen LogP contribution in [0.25, 0.3) is 6.08 Å². The van der Waals surface area contributed by atoms with Crippen LogP contribution in [-0.4, -0.2) is 30.9 Å². The average molecular weight is 387 g/mol. The number of carbonyl (C=O) groups excluding carboxylic acids is 3. The molecule has 0 heterocycles. The summed E-state index contributed by atoms with van der Waals surface area (Å²) in [4.78, 5) is 36.7. The molecule has 0 unspecified atom stereocenters. The van der Waals surface area contributed by atoms with E-state index in [4.69, 9.17) is 22.1 Å². The molecule has 0 atom stereocenters. The number of carbonyl (C=O) groups is 3. The van der Waals surface area contributed by atoms with E-state index in [-0.39, 0.29) is 13.0 Å². The van der Waals surface area contributed by atoms with Crippen molar-refractivity contribution in [2.24, 2.45) is 5.73 Å². The normalized spacial score (nSPS) is 10.6. The van der Waals surface area contributed by atoms with Gasteiger partial charge >= 0.3 is 5.97 Å². The Balaban J connectivity index is 1.95. The highest BCUT2D eigenvalue weighted by atomic mass is 35.5. The van der Waals surface area contributed by atoms with Gasteiger partial charge < -0.3 is 15.4 Å². The molecule has 140 valence electrons. The van der Waals surface area contributed by atoms with E-state index in [1.165, 1.54) is 11.0 Å². The molecule has 0 bridgehead atoms. The molecular formula is C20H19ClN2O4. The molecule has 0 aliphatic heterocycles. The number of primary amides is 1. The summed E-state index contributed by atoms with van der Waals surface area (Å²) in [6.07, 6.45) is 2.76. The van der Waals surface area contributed by atoms with E-state index in [9.17, 15) is 14.4 Å². The van der Waals surface area contributed by atoms with Crippen molar-refractivity contribution < 1.29 is 19.1 Å². The average Bonchev–Trinajstić information content (AvgIpc) is 2.65. The van der Waals surface area contributed by atoms with Gasteiger partial charge in [-0.1, -0.05) is 41.9 Å². The largest absolute Gasteiger partial charge is 0.452 e. The maximum Gasteiger partial charge on any atom is 0.331 e. The molecule has 0 spiro atoms. The quantitative estimate of drug-likeness (QED) is 0.558. The highest BCUT2D eigenvalue weighted by Gasteiger charge is 2.17. The molecule has 7 heteroatoms. The molecule has 0 saturated carbocycles. The summed E-state index contributed by atoms with van der Waals surface area (Å²) in [6.45, 7) is -0.347. The first-order valence-corrected chi connectivity index (χ1v) is 8.57. The van der Waals surface area contributed by atoms with E-state index >= 15 is 0 Å². The number of amides is 2. The third-order valence-electron chi connectivity index (χ3n) is 3.55. The number of hydrogen-bond acceptors (Lipinski definition) is 4. The van der Waals surface area contributed by atoms with Crippen LogP contribution in [0, 0.1) is 0 Å². The molecule has 2 aromatic carbocycles. The zero-order valence-electron chi connectivity index (χ0n) is 14.5. The molecule has 2 aromatic rings. The predicted octanol–water partition coefficient (Wildman–Crippen LogP) is 2.81. The Labute approximate surface area is 162 Å². The lowest BCUT2D eigenvalue weighted by Gasteiger charge is -2.22. The van der Waals surface area contributed by atoms with Crippen molar-refractivity contribution in [2.75, 3.05) is 18.1 Å². The first kappa shape index (κ1) is 20.2. The van der Waals surface area contributed by atoms with Crippen molar-refractivity contribution in [3.8, 4) is 0 Å². The zero-order chi connectivity index (χ0) is 19.6. The van der Waals surface area contributed by atoms with Crippen molar-refractivity contribution in [2.45, 2.75) is 6.42 Å². The summed E-state index contributed by atoms with van der Waals surface area (Å²) in [6, 6.07) is 15.7. The van der Waals surface area contributed by atoms with Gasteiger partial charge in [-0.25, -0.2) is 4.79 Å². The minimum absolute atomic E-state index is 0.00322. The van der Waals surface area contributed by atoms with Gasteiger partial charge in [-0.2, -0.15) is 0 Å². The number of anilines is 1. The molecule has 0 aliphatic rings. The Morgan fingerprint density at radius 2 is 1.81 bits per heavy atom. The number of rotatable bonds is 8. The number of benzene rings is 2. The Kier molecular flexibility index (Phi) is 7.58. The lowest BCUT2D eigenvalue weighted by Crippen LogP contribution is -2.37. The second-order valence-corrected chi connectivity index (χ2v) is 6.03. The number of halogens is 1. The van der Waals surface area contributed by atoms with Crippen LogP contribution in [0.15, 0.2) is 60.7 Å². The summed E-state index contributed by atoms with van der Waals surface area (Å²) >= 11 is 5.87. The fourth-order valence-electron chi connectivity index (χ4n) is 2.26. The highest BCUT2D eigenvalue weighted by molar-refractivity contribution is 6.30. The molecule has 0 aromatic heterocycles. The molecular weight excluding hydrogens is 368 g/mol. The van der Waals surface area contributed by atoms with Crippen LogP contribution >= 0.6 is 11.6 Å². The van der Waals surface area contributed by atoms with Crippen molar-refractivity contribution in [1.82, 2.24) is 0 Å². The number of nitrogens with zero attached hydrogens (tertiary/aromatic N) is 1. The Hall–Kier alpha value is -3.12. The Morgan fingerprint density at radius 3 is 2.48 bits per heavy atom. The van der Waals surface area contributed by atoms with Crippen LogP contribution in [0.5, 0.6) is 0 Å². The van der Waals surface area contributed by atoms with Gasteiger partial charge in [-0.05, 0) is 35.9 Å². The zero-order valence-corrected chi connectivity index (χ0v) is 15.3. The van der Waals surface area contributed by atoms with E-state index < -0.39 is 24.4 Å². The van der Waals surface area contributed by atoms with Crippen LogP contribution in [0.1, 0.15) is 12.0 Å². The van der Waals surface area contributed by atoms with Gasteiger partial charge in [0.1, 0.15) is 0 Å². The van der Waals surface area contributed by atoms with Gasteiger partial charge in [0.15, 0.2) is 6.61 Å². The number of esters is 1. The fraction of sp³-hybridized carbons (Fsp3) is 0.150. The SMILES string of the molecule is NC(=O)CCN(C(=O)COC(=O)/C=C/c1cccc(Cl)c1)c1ccccc1. The summed E-state index contributed by atoms with van der Waals surface area (Å²) in [5, 5.41) is 0.550. The second kappa shape index (κ2) is 10.1. The van der Waals surface area contributed by atoms with E-state index in [0.717, 1.165) is 5.56 Å². The first-order valence-electron chi connectivity index (χ1n) is 8.20. The lowest BCUT2D eigenvalue weighted by molar-refractivity contribution is -0.143. The Morgan fingerprint density at radius 1 is 1.07 bits per heavy atom. The van der Waals surface area contributed by atoms with Gasteiger partial charge in [0.2, 0.25) is 5.91 Å². The van der Waals surface area contributed by atoms with Crippen LogP contribution in [0.3, 0.4) is 0 Å². The van der Waals surface area contributed by atoms with E-state index in [2.05, 4.69) is 0 Å². The summed E-state index contributed by atoms with van der Waals surface area (Å²) < 4.78 is 5.00. The van der Waals surface area contributed by atoms with Crippen molar-refractivity contribution in [3.63, 3.8) is 0 Å². The minimum Gasteiger partial charge on any atom is -0.452 e. The number of hydrogen-bond donors (Lipinski definition) is 1. The van der Waals surface area contributed by atoms with Gasteiger partial charge in [-0.15, -0.1) is 0 Å². The highest BCUT2D eigenvalue weighted by Crippen LogP contribution is 2.14. The van der Waals surface area contributed by atoms with Crippen LogP contribution in [-0.2, 0) is 19.1 Å². The molecule has 2 rings (SSSR count). The van der Waals surface area contributed by atoms with E-state index in [1.807, 2.05) is 0 Å². The standard InChI is InChI=1S/C20H19ClN2O4/c21-16-6-4-5-15(13-16)9-10-20(26)27-14-19(25)23(12-11-18(22)24)17-7-2-1-3-8-17/h1-10,13H,11-12,14H2,(H2,22,24)/b10-9+. The summed E-state index contributed by atoms with van der Waals surface area (Å²) in [7, 11) is 0. The van der Waals surface area contributed by atoms with Crippen molar-refractivity contribution >= 4 is 41.1 Å². The fourth-order valence-corrected chi connectivity index (χ4v) is 2.46. The van der Waals surface area contributed by atoms with Crippen molar-refractivity contribution in [1.29, 1.82) is 0 Å². The molecule has 27 heavy (non-hydrogen) atoms. The maximum absolute atomic E-state index is 12.4. The van der Waals surface area contributed by atoms with Crippen LogP contribution < -0.4 is 10.6 Å². The summed E-state index contributed by atoms with van der Waals surface area (Å²) in [5.74, 6) is -1.64. The minimum atomic E-state index is -0.661. The number of ether oxygens (including phenoxy) is 1. The Bertz CT molecular complexity index is 837. The molecule has 2 amide bonds. The van der Waals surface area contributed by atoms with Gasteiger partial charge in [0.05, 0.1) is 0 Å². The van der Waals surface area contributed by atoms with E-state index in [0.29, 0.717) is 10.7 Å². The third kappa shape index (κ3) is 6.95. The predicted molar refractivity (Wildman–Crippen MR) is 104 cm³/mol. The molecule has 6 nitrogen and oxygen atoms in total. The molecule has 0 aliphatic carbocycles. The topological polar surface area (TPSA) is 89.7 Å². The molecule has 0 saturated heterocycles. The molecule has 0 radical (unpaired) electrons. The van der Waals surface area contributed by atoms with Crippen molar-refractivity contribution in [3.05, 3.63) is 71.3 Å². The molecule has 0 fully saturated rings.